The molecule has 1 aliphatic heterocycles. The predicted octanol–water partition coefficient (Wildman–Crippen LogP) is 2.68. The molecular formula is C19H23N3O4S2. The molecule has 2 aliphatic rings. The Morgan fingerprint density at radius 1 is 1.29 bits per heavy atom. The number of rotatable bonds is 6. The molecule has 1 aliphatic carbocycles. The van der Waals surface area contributed by atoms with Crippen LogP contribution in [0.5, 0.6) is 0 Å². The summed E-state index contributed by atoms with van der Waals surface area (Å²) < 4.78 is 32.3. The number of sulfonamides is 1. The third kappa shape index (κ3) is 3.98. The highest BCUT2D eigenvalue weighted by molar-refractivity contribution is 7.89. The molecule has 0 saturated carbocycles. The number of carbonyl (C=O) groups is 1. The van der Waals surface area contributed by atoms with Crippen LogP contribution in [-0.4, -0.2) is 49.9 Å². The molecule has 9 heteroatoms. The van der Waals surface area contributed by atoms with Gasteiger partial charge in [-0.15, -0.1) is 11.3 Å². The van der Waals surface area contributed by atoms with Gasteiger partial charge < -0.3 is 4.74 Å². The van der Waals surface area contributed by atoms with Crippen LogP contribution in [0, 0.1) is 0 Å². The summed E-state index contributed by atoms with van der Waals surface area (Å²) in [6.07, 6.45) is 4.90. The number of fused-ring (bicyclic) bond motifs is 1. The molecule has 150 valence electrons. The van der Waals surface area contributed by atoms with Crippen LogP contribution < -0.4 is 5.32 Å². The van der Waals surface area contributed by atoms with Gasteiger partial charge >= 0.3 is 0 Å². The molecule has 0 spiro atoms. The van der Waals surface area contributed by atoms with Crippen molar-refractivity contribution in [3.05, 3.63) is 40.4 Å². The first-order chi connectivity index (χ1) is 13.4. The van der Waals surface area contributed by atoms with Crippen LogP contribution in [-0.2, 0) is 27.6 Å². The van der Waals surface area contributed by atoms with E-state index in [9.17, 15) is 13.2 Å². The van der Waals surface area contributed by atoms with Crippen molar-refractivity contribution in [2.75, 3.05) is 25.5 Å². The van der Waals surface area contributed by atoms with Crippen molar-refractivity contribution >= 4 is 32.4 Å². The van der Waals surface area contributed by atoms with Crippen LogP contribution >= 0.6 is 11.3 Å². The van der Waals surface area contributed by atoms with E-state index < -0.39 is 10.0 Å². The zero-order valence-electron chi connectivity index (χ0n) is 15.7. The lowest BCUT2D eigenvalue weighted by Crippen LogP contribution is -2.34. The number of carbonyl (C=O) groups excluding carboxylic acids is 1. The second-order valence-electron chi connectivity index (χ2n) is 7.14. The monoisotopic (exact) mass is 421 g/mol. The van der Waals surface area contributed by atoms with E-state index in [2.05, 4.69) is 10.3 Å². The normalized spacial score (nSPS) is 19.1. The molecule has 1 aromatic heterocycles. The lowest BCUT2D eigenvalue weighted by atomic mass is 10.2. The summed E-state index contributed by atoms with van der Waals surface area (Å²) in [5, 5.41) is 3.41. The average molecular weight is 422 g/mol. The summed E-state index contributed by atoms with van der Waals surface area (Å²) in [5.74, 6) is -0.288. The highest BCUT2D eigenvalue weighted by atomic mass is 32.2. The van der Waals surface area contributed by atoms with E-state index in [1.54, 1.807) is 7.05 Å². The molecule has 4 rings (SSSR count). The number of anilines is 1. The Labute approximate surface area is 168 Å². The molecule has 0 radical (unpaired) electrons. The minimum Gasteiger partial charge on any atom is -0.377 e. The highest BCUT2D eigenvalue weighted by Crippen LogP contribution is 2.30. The molecule has 0 unspecified atom stereocenters. The smallest absolute Gasteiger partial charge is 0.257 e. The van der Waals surface area contributed by atoms with Gasteiger partial charge in [0.15, 0.2) is 5.13 Å². The number of amides is 1. The van der Waals surface area contributed by atoms with Crippen molar-refractivity contribution in [1.82, 2.24) is 9.29 Å². The van der Waals surface area contributed by atoms with Crippen molar-refractivity contribution in [2.45, 2.75) is 43.1 Å². The lowest BCUT2D eigenvalue weighted by molar-refractivity contribution is 0.0979. The van der Waals surface area contributed by atoms with E-state index in [1.165, 1.54) is 44.8 Å². The standard InChI is InChI=1S/C19H23N3O4S2/c1-22(12-14-4-3-11-26-14)28(24,25)15-9-7-13(8-10-15)18(23)21-19-20-16-5-2-6-17(16)27-19/h7-10,14H,2-6,11-12H2,1H3,(H,20,21,23)/t14-/m0/s1. The van der Waals surface area contributed by atoms with Gasteiger partial charge in [-0.1, -0.05) is 0 Å². The summed E-state index contributed by atoms with van der Waals surface area (Å²) in [6.45, 7) is 1.02. The molecule has 2 aromatic rings. The van der Waals surface area contributed by atoms with Gasteiger partial charge in [-0.3, -0.25) is 10.1 Å². The average Bonchev–Trinajstić information content (AvgIpc) is 3.39. The summed E-state index contributed by atoms with van der Waals surface area (Å²) in [6, 6.07) is 6.00. The summed E-state index contributed by atoms with van der Waals surface area (Å²) in [7, 11) is -2.06. The highest BCUT2D eigenvalue weighted by Gasteiger charge is 2.26. The molecule has 28 heavy (non-hydrogen) atoms. The van der Waals surface area contributed by atoms with Gasteiger partial charge in [0.2, 0.25) is 10.0 Å². The molecule has 0 bridgehead atoms. The number of likely N-dealkylation sites (N-methyl/N-ethyl adjacent to an activating group) is 1. The number of thiazole rings is 1. The van der Waals surface area contributed by atoms with Crippen molar-refractivity contribution in [3.63, 3.8) is 0 Å². The fourth-order valence-electron chi connectivity index (χ4n) is 3.54. The fraction of sp³-hybridized carbons (Fsp3) is 0.474. The van der Waals surface area contributed by atoms with Crippen LogP contribution in [0.3, 0.4) is 0 Å². The van der Waals surface area contributed by atoms with E-state index in [4.69, 9.17) is 4.74 Å². The number of hydrogen-bond donors (Lipinski definition) is 1. The first-order valence-corrected chi connectivity index (χ1v) is 11.7. The van der Waals surface area contributed by atoms with Gasteiger partial charge in [-0.2, -0.15) is 4.31 Å². The fourth-order valence-corrected chi connectivity index (χ4v) is 5.79. The Morgan fingerprint density at radius 2 is 2.07 bits per heavy atom. The Morgan fingerprint density at radius 3 is 2.75 bits per heavy atom. The van der Waals surface area contributed by atoms with E-state index in [0.29, 0.717) is 23.8 Å². The van der Waals surface area contributed by atoms with Gasteiger partial charge in [0.1, 0.15) is 0 Å². The second kappa shape index (κ2) is 7.90. The van der Waals surface area contributed by atoms with Crippen molar-refractivity contribution in [1.29, 1.82) is 0 Å². The zero-order chi connectivity index (χ0) is 19.7. The minimum absolute atomic E-state index is 0.0512. The SMILES string of the molecule is CN(C[C@@H]1CCCO1)S(=O)(=O)c1ccc(C(=O)Nc2nc3c(s2)CCC3)cc1. The Balaban J connectivity index is 1.42. The topological polar surface area (TPSA) is 88.6 Å². The summed E-state index contributed by atoms with van der Waals surface area (Å²) in [5.41, 5.74) is 1.48. The molecule has 1 N–H and O–H groups in total. The maximum atomic E-state index is 12.7. The molecule has 2 heterocycles. The number of nitrogens with one attached hydrogen (secondary N) is 1. The molecule has 1 amide bonds. The van der Waals surface area contributed by atoms with Crippen LogP contribution in [0.2, 0.25) is 0 Å². The predicted molar refractivity (Wildman–Crippen MR) is 107 cm³/mol. The molecule has 1 fully saturated rings. The Bertz CT molecular complexity index is 942. The van der Waals surface area contributed by atoms with Crippen LogP contribution in [0.4, 0.5) is 5.13 Å². The summed E-state index contributed by atoms with van der Waals surface area (Å²) in [4.78, 5) is 18.3. The van der Waals surface area contributed by atoms with Crippen molar-refractivity contribution < 1.29 is 17.9 Å². The second-order valence-corrected chi connectivity index (χ2v) is 10.3. The van der Waals surface area contributed by atoms with Gasteiger partial charge in [-0.25, -0.2) is 13.4 Å². The largest absolute Gasteiger partial charge is 0.377 e. The van der Waals surface area contributed by atoms with Gasteiger partial charge in [0, 0.05) is 30.6 Å². The first kappa shape index (κ1) is 19.5. The maximum absolute atomic E-state index is 12.7. The number of aromatic nitrogens is 1. The number of benzene rings is 1. The number of nitrogens with zero attached hydrogens (tertiary/aromatic N) is 2. The van der Waals surface area contributed by atoms with Crippen LogP contribution in [0.15, 0.2) is 29.2 Å². The van der Waals surface area contributed by atoms with Crippen molar-refractivity contribution in [3.8, 4) is 0 Å². The first-order valence-electron chi connectivity index (χ1n) is 9.41. The molecule has 1 atom stereocenters. The quantitative estimate of drug-likeness (QED) is 0.775. The number of ether oxygens (including phenoxy) is 1. The number of hydrogen-bond acceptors (Lipinski definition) is 6. The van der Waals surface area contributed by atoms with E-state index in [1.807, 2.05) is 0 Å². The molecule has 1 aromatic carbocycles. The van der Waals surface area contributed by atoms with Crippen LogP contribution in [0.1, 0.15) is 40.2 Å². The van der Waals surface area contributed by atoms with E-state index in [0.717, 1.165) is 37.8 Å². The number of aryl methyl sites for hydroxylation is 2. The zero-order valence-corrected chi connectivity index (χ0v) is 17.3. The van der Waals surface area contributed by atoms with E-state index >= 15 is 0 Å². The third-order valence-electron chi connectivity index (χ3n) is 5.13. The molecule has 1 saturated heterocycles. The van der Waals surface area contributed by atoms with E-state index in [-0.39, 0.29) is 16.9 Å². The Kier molecular flexibility index (Phi) is 5.50. The van der Waals surface area contributed by atoms with Gasteiger partial charge in [0.05, 0.1) is 16.7 Å². The summed E-state index contributed by atoms with van der Waals surface area (Å²) >= 11 is 1.51. The minimum atomic E-state index is -3.61. The van der Waals surface area contributed by atoms with Crippen LogP contribution in [0.25, 0.3) is 0 Å². The third-order valence-corrected chi connectivity index (χ3v) is 8.04. The van der Waals surface area contributed by atoms with Crippen molar-refractivity contribution in [2.24, 2.45) is 0 Å². The maximum Gasteiger partial charge on any atom is 0.257 e. The molecular weight excluding hydrogens is 398 g/mol. The Hall–Kier alpha value is -1.81. The van der Waals surface area contributed by atoms with Gasteiger partial charge in [-0.05, 0) is 56.4 Å². The lowest BCUT2D eigenvalue weighted by Gasteiger charge is -2.20. The van der Waals surface area contributed by atoms with Gasteiger partial charge in [0.25, 0.3) is 5.91 Å². The molecule has 7 nitrogen and oxygen atoms in total.